The Morgan fingerprint density at radius 1 is 0.646 bits per heavy atom. The predicted octanol–water partition coefficient (Wildman–Crippen LogP) is 7.61. The van der Waals surface area contributed by atoms with E-state index in [1.807, 2.05) is 19.1 Å². The van der Waals surface area contributed by atoms with Crippen molar-refractivity contribution in [1.82, 2.24) is 5.43 Å². The SMILES string of the molecule is Cc1ccc(C(=O)Nc2ccc(C(=O)N/N=C/c3ccccc3OC(=O)/C=C/c3ccccc3OC(=O)c3ccc(Br)cc3)cc2)cc1. The van der Waals surface area contributed by atoms with E-state index in [1.165, 1.54) is 18.4 Å². The molecule has 0 aromatic heterocycles. The molecule has 48 heavy (non-hydrogen) atoms. The Balaban J connectivity index is 1.16. The van der Waals surface area contributed by atoms with E-state index in [2.05, 4.69) is 31.8 Å². The van der Waals surface area contributed by atoms with Crippen LogP contribution in [0.5, 0.6) is 11.5 Å². The monoisotopic (exact) mass is 701 g/mol. The lowest BCUT2D eigenvalue weighted by atomic mass is 10.1. The summed E-state index contributed by atoms with van der Waals surface area (Å²) >= 11 is 3.34. The number of hydrogen-bond donors (Lipinski definition) is 2. The first-order valence-corrected chi connectivity index (χ1v) is 15.4. The van der Waals surface area contributed by atoms with Gasteiger partial charge in [0.05, 0.1) is 11.8 Å². The van der Waals surface area contributed by atoms with Gasteiger partial charge in [-0.15, -0.1) is 0 Å². The van der Waals surface area contributed by atoms with Crippen molar-refractivity contribution in [3.8, 4) is 11.5 Å². The fraction of sp³-hybridized carbons (Fsp3) is 0.0263. The number of halogens is 1. The lowest BCUT2D eigenvalue weighted by Gasteiger charge is -2.08. The van der Waals surface area contributed by atoms with Crippen LogP contribution in [0.2, 0.25) is 0 Å². The number of hydrogen-bond acceptors (Lipinski definition) is 7. The molecular formula is C38H28BrN3O6. The number of anilines is 1. The summed E-state index contributed by atoms with van der Waals surface area (Å²) < 4.78 is 11.9. The summed E-state index contributed by atoms with van der Waals surface area (Å²) in [5, 5.41) is 6.81. The number of hydrazone groups is 1. The van der Waals surface area contributed by atoms with Crippen LogP contribution in [0, 0.1) is 6.92 Å². The Labute approximate surface area is 285 Å². The quantitative estimate of drug-likeness (QED) is 0.0508. The number of rotatable bonds is 10. The average molecular weight is 703 g/mol. The fourth-order valence-corrected chi connectivity index (χ4v) is 4.54. The fourth-order valence-electron chi connectivity index (χ4n) is 4.27. The van der Waals surface area contributed by atoms with E-state index in [9.17, 15) is 19.2 Å². The summed E-state index contributed by atoms with van der Waals surface area (Å²) in [6, 6.07) is 33.8. The van der Waals surface area contributed by atoms with E-state index in [0.29, 0.717) is 33.5 Å². The first kappa shape index (κ1) is 33.2. The molecule has 0 radical (unpaired) electrons. The van der Waals surface area contributed by atoms with Gasteiger partial charge in [0.25, 0.3) is 11.8 Å². The normalized spacial score (nSPS) is 10.9. The van der Waals surface area contributed by atoms with E-state index in [0.717, 1.165) is 10.0 Å². The molecule has 0 saturated heterocycles. The molecule has 0 spiro atoms. The summed E-state index contributed by atoms with van der Waals surface area (Å²) in [5.41, 5.74) is 6.21. The Bertz CT molecular complexity index is 2000. The highest BCUT2D eigenvalue weighted by molar-refractivity contribution is 9.10. The number of carbonyl (C=O) groups excluding carboxylic acids is 4. The van der Waals surface area contributed by atoms with E-state index in [-0.39, 0.29) is 17.4 Å². The Kier molecular flexibility index (Phi) is 11.0. The van der Waals surface area contributed by atoms with E-state index >= 15 is 0 Å². The topological polar surface area (TPSA) is 123 Å². The van der Waals surface area contributed by atoms with Gasteiger partial charge in [-0.05, 0) is 91.9 Å². The third-order valence-corrected chi connectivity index (χ3v) is 7.35. The average Bonchev–Trinajstić information content (AvgIpc) is 3.09. The number of ether oxygens (including phenoxy) is 2. The van der Waals surface area contributed by atoms with Gasteiger partial charge in [-0.25, -0.2) is 15.0 Å². The van der Waals surface area contributed by atoms with Gasteiger partial charge in [-0.2, -0.15) is 5.10 Å². The molecule has 238 valence electrons. The molecule has 0 aliphatic rings. The van der Waals surface area contributed by atoms with Crippen molar-refractivity contribution in [3.63, 3.8) is 0 Å². The second-order valence-corrected chi connectivity index (χ2v) is 11.2. The van der Waals surface area contributed by atoms with E-state index in [4.69, 9.17) is 9.47 Å². The van der Waals surface area contributed by atoms with Gasteiger partial charge in [0.1, 0.15) is 11.5 Å². The molecule has 5 rings (SSSR count). The first-order valence-electron chi connectivity index (χ1n) is 14.6. The third kappa shape index (κ3) is 9.21. The van der Waals surface area contributed by atoms with Crippen molar-refractivity contribution < 1.29 is 28.7 Å². The number of aryl methyl sites for hydroxylation is 1. The molecular weight excluding hydrogens is 674 g/mol. The maximum atomic E-state index is 12.7. The second-order valence-electron chi connectivity index (χ2n) is 10.3. The number of para-hydroxylation sites is 2. The standard InChI is InChI=1S/C38H28BrN3O6/c1-25-10-12-27(13-11-25)36(44)41-32-21-16-28(17-22-32)37(45)42-40-24-30-7-3-5-9-34(30)47-35(43)23-18-26-6-2-4-8-33(26)48-38(46)29-14-19-31(39)20-15-29/h2-24H,1H3,(H,41,44)(H,42,45)/b23-18+,40-24+. The minimum atomic E-state index is -0.677. The Morgan fingerprint density at radius 2 is 1.21 bits per heavy atom. The van der Waals surface area contributed by atoms with Gasteiger partial charge < -0.3 is 14.8 Å². The Hall–Kier alpha value is -6.13. The molecule has 0 unspecified atom stereocenters. The van der Waals surface area contributed by atoms with Crippen LogP contribution >= 0.6 is 15.9 Å². The Morgan fingerprint density at radius 3 is 1.90 bits per heavy atom. The summed E-state index contributed by atoms with van der Waals surface area (Å²) in [6.07, 6.45) is 4.06. The van der Waals surface area contributed by atoms with Gasteiger partial charge in [-0.1, -0.05) is 64.0 Å². The molecule has 2 N–H and O–H groups in total. The summed E-state index contributed by atoms with van der Waals surface area (Å²) in [5.74, 6) is -1.45. The number of nitrogens with one attached hydrogen (secondary N) is 2. The lowest BCUT2D eigenvalue weighted by molar-refractivity contribution is -0.128. The zero-order valence-corrected chi connectivity index (χ0v) is 27.1. The molecule has 0 bridgehead atoms. The molecule has 5 aromatic carbocycles. The van der Waals surface area contributed by atoms with Gasteiger partial charge >= 0.3 is 11.9 Å². The number of amides is 2. The number of carbonyl (C=O) groups is 4. The third-order valence-electron chi connectivity index (χ3n) is 6.82. The maximum Gasteiger partial charge on any atom is 0.343 e. The molecule has 0 atom stereocenters. The first-order chi connectivity index (χ1) is 23.2. The van der Waals surface area contributed by atoms with Crippen LogP contribution in [0.25, 0.3) is 6.08 Å². The van der Waals surface area contributed by atoms with Crippen LogP contribution in [0.3, 0.4) is 0 Å². The lowest BCUT2D eigenvalue weighted by Crippen LogP contribution is -2.18. The minimum absolute atomic E-state index is 0.216. The van der Waals surface area contributed by atoms with Crippen molar-refractivity contribution in [1.29, 1.82) is 0 Å². The van der Waals surface area contributed by atoms with Crippen molar-refractivity contribution in [2.24, 2.45) is 5.10 Å². The number of nitrogens with zero attached hydrogens (tertiary/aromatic N) is 1. The molecule has 0 fully saturated rings. The van der Waals surface area contributed by atoms with Crippen LogP contribution in [0.1, 0.15) is 47.8 Å². The molecule has 2 amide bonds. The highest BCUT2D eigenvalue weighted by atomic mass is 79.9. The molecule has 0 heterocycles. The minimum Gasteiger partial charge on any atom is -0.423 e. The molecule has 10 heteroatoms. The number of benzene rings is 5. The van der Waals surface area contributed by atoms with Crippen LogP contribution < -0.4 is 20.2 Å². The largest absolute Gasteiger partial charge is 0.423 e. The van der Waals surface area contributed by atoms with Crippen LogP contribution in [-0.2, 0) is 4.79 Å². The van der Waals surface area contributed by atoms with E-state index < -0.39 is 17.8 Å². The zero-order chi connectivity index (χ0) is 33.9. The predicted molar refractivity (Wildman–Crippen MR) is 187 cm³/mol. The number of esters is 2. The molecule has 0 aliphatic heterocycles. The van der Waals surface area contributed by atoms with Crippen molar-refractivity contribution in [3.05, 3.63) is 165 Å². The maximum absolute atomic E-state index is 12.7. The van der Waals surface area contributed by atoms with Crippen LogP contribution in [0.4, 0.5) is 5.69 Å². The molecule has 0 saturated carbocycles. The van der Waals surface area contributed by atoms with Crippen molar-refractivity contribution >= 4 is 57.7 Å². The van der Waals surface area contributed by atoms with Gasteiger partial charge in [0.15, 0.2) is 0 Å². The highest BCUT2D eigenvalue weighted by Crippen LogP contribution is 2.22. The van der Waals surface area contributed by atoms with Crippen LogP contribution in [0.15, 0.2) is 137 Å². The van der Waals surface area contributed by atoms with Crippen molar-refractivity contribution in [2.75, 3.05) is 5.32 Å². The zero-order valence-electron chi connectivity index (χ0n) is 25.6. The van der Waals surface area contributed by atoms with Gasteiger partial charge in [0, 0.05) is 38.5 Å². The second kappa shape index (κ2) is 15.9. The van der Waals surface area contributed by atoms with Gasteiger partial charge in [-0.3, -0.25) is 9.59 Å². The van der Waals surface area contributed by atoms with Gasteiger partial charge in [0.2, 0.25) is 0 Å². The highest BCUT2D eigenvalue weighted by Gasteiger charge is 2.12. The smallest absolute Gasteiger partial charge is 0.343 e. The molecule has 0 aliphatic carbocycles. The summed E-state index contributed by atoms with van der Waals surface area (Å²) in [7, 11) is 0. The van der Waals surface area contributed by atoms with Crippen molar-refractivity contribution in [2.45, 2.75) is 6.92 Å². The summed E-state index contributed by atoms with van der Waals surface area (Å²) in [6.45, 7) is 1.94. The van der Waals surface area contributed by atoms with E-state index in [1.54, 1.807) is 109 Å². The molecule has 9 nitrogen and oxygen atoms in total. The molecule has 5 aromatic rings. The summed E-state index contributed by atoms with van der Waals surface area (Å²) in [4.78, 5) is 50.4. The van der Waals surface area contributed by atoms with Crippen LogP contribution in [-0.4, -0.2) is 30.0 Å².